The Kier molecular flexibility index (Phi) is 7.50. The zero-order valence-corrected chi connectivity index (χ0v) is 19.5. The molecule has 182 valence electrons. The molecule has 0 saturated heterocycles. The number of carbonyl (C=O) groups excluding carboxylic acids is 2. The third kappa shape index (κ3) is 5.71. The molecule has 4 rings (SSSR count). The van der Waals surface area contributed by atoms with Crippen molar-refractivity contribution in [3.05, 3.63) is 83.3 Å². The summed E-state index contributed by atoms with van der Waals surface area (Å²) in [6.07, 6.45) is 0.0540. The number of hydrogen-bond acceptors (Lipinski definition) is 5. The van der Waals surface area contributed by atoms with Gasteiger partial charge in [-0.15, -0.1) is 0 Å². The van der Waals surface area contributed by atoms with Crippen molar-refractivity contribution in [1.82, 2.24) is 10.6 Å². The molecule has 1 aromatic heterocycles. The van der Waals surface area contributed by atoms with Crippen LogP contribution in [0.2, 0.25) is 0 Å². The summed E-state index contributed by atoms with van der Waals surface area (Å²) < 4.78 is 11.0. The van der Waals surface area contributed by atoms with E-state index >= 15 is 0 Å². The van der Waals surface area contributed by atoms with Crippen LogP contribution in [0.25, 0.3) is 11.1 Å². The van der Waals surface area contributed by atoms with Crippen LogP contribution in [0.1, 0.15) is 53.1 Å². The minimum Gasteiger partial charge on any atom is -0.481 e. The van der Waals surface area contributed by atoms with E-state index in [1.165, 1.54) is 6.07 Å². The first-order valence-corrected chi connectivity index (χ1v) is 11.6. The zero-order chi connectivity index (χ0) is 24.8. The number of nitrogens with one attached hydrogen (secondary N) is 2. The Bertz CT molecular complexity index is 1170. The second kappa shape index (κ2) is 10.9. The number of ether oxygens (including phenoxy) is 1. The van der Waals surface area contributed by atoms with Crippen molar-refractivity contribution in [2.45, 2.75) is 32.2 Å². The van der Waals surface area contributed by atoms with E-state index in [1.54, 1.807) is 6.07 Å². The molecule has 3 aromatic rings. The van der Waals surface area contributed by atoms with E-state index in [0.29, 0.717) is 12.2 Å². The first kappa shape index (κ1) is 24.1. The van der Waals surface area contributed by atoms with Gasteiger partial charge in [-0.25, -0.2) is 4.79 Å². The molecule has 0 saturated carbocycles. The second-order valence-electron chi connectivity index (χ2n) is 8.53. The average Bonchev–Trinajstić information content (AvgIpc) is 3.46. The van der Waals surface area contributed by atoms with E-state index in [2.05, 4.69) is 34.9 Å². The fourth-order valence-electron chi connectivity index (χ4n) is 4.34. The van der Waals surface area contributed by atoms with Crippen molar-refractivity contribution >= 4 is 18.0 Å². The van der Waals surface area contributed by atoms with Gasteiger partial charge in [-0.2, -0.15) is 0 Å². The van der Waals surface area contributed by atoms with Gasteiger partial charge in [-0.1, -0.05) is 61.9 Å². The van der Waals surface area contributed by atoms with Crippen molar-refractivity contribution in [3.8, 4) is 11.1 Å². The Balaban J connectivity index is 1.26. The van der Waals surface area contributed by atoms with Crippen LogP contribution in [0.3, 0.4) is 0 Å². The van der Waals surface area contributed by atoms with Gasteiger partial charge in [-0.05, 0) is 40.3 Å². The van der Waals surface area contributed by atoms with Crippen LogP contribution in [0, 0.1) is 5.92 Å². The molecule has 1 heterocycles. The molecule has 1 unspecified atom stereocenters. The monoisotopic (exact) mass is 476 g/mol. The number of carboxylic acid groups (broad SMARTS) is 1. The molecule has 3 N–H and O–H groups in total. The van der Waals surface area contributed by atoms with E-state index in [0.717, 1.165) is 22.3 Å². The first-order chi connectivity index (χ1) is 17.0. The summed E-state index contributed by atoms with van der Waals surface area (Å²) in [5.74, 6) is -1.01. The fourth-order valence-corrected chi connectivity index (χ4v) is 4.34. The highest BCUT2D eigenvalue weighted by molar-refractivity contribution is 5.91. The topological polar surface area (TPSA) is 118 Å². The molecule has 1 aliphatic rings. The highest BCUT2D eigenvalue weighted by Gasteiger charge is 2.29. The van der Waals surface area contributed by atoms with Gasteiger partial charge in [0, 0.05) is 18.9 Å². The SMILES string of the molecule is CCC(CNC(=O)c1ccc(CNC(=O)OCC2c3ccccc3-c3ccccc32)o1)CC(=O)O. The molecule has 8 nitrogen and oxygen atoms in total. The molecule has 2 amide bonds. The first-order valence-electron chi connectivity index (χ1n) is 11.6. The van der Waals surface area contributed by atoms with E-state index < -0.39 is 18.0 Å². The number of benzene rings is 2. The maximum atomic E-state index is 12.3. The molecule has 0 aliphatic heterocycles. The van der Waals surface area contributed by atoms with Gasteiger partial charge < -0.3 is 24.9 Å². The van der Waals surface area contributed by atoms with Gasteiger partial charge >= 0.3 is 12.1 Å². The van der Waals surface area contributed by atoms with Crippen molar-refractivity contribution in [3.63, 3.8) is 0 Å². The summed E-state index contributed by atoms with van der Waals surface area (Å²) >= 11 is 0. The normalized spacial score (nSPS) is 12.9. The third-order valence-electron chi connectivity index (χ3n) is 6.23. The number of hydrogen-bond donors (Lipinski definition) is 3. The van der Waals surface area contributed by atoms with E-state index in [-0.39, 0.29) is 43.7 Å². The van der Waals surface area contributed by atoms with E-state index in [1.807, 2.05) is 31.2 Å². The maximum absolute atomic E-state index is 12.3. The van der Waals surface area contributed by atoms with Gasteiger partial charge in [0.25, 0.3) is 5.91 Å². The van der Waals surface area contributed by atoms with Crippen LogP contribution in [0.15, 0.2) is 65.1 Å². The van der Waals surface area contributed by atoms with Crippen molar-refractivity contribution in [2.24, 2.45) is 5.92 Å². The molecule has 8 heteroatoms. The molecule has 0 bridgehead atoms. The summed E-state index contributed by atoms with van der Waals surface area (Å²) in [6, 6.07) is 19.4. The van der Waals surface area contributed by atoms with Crippen LogP contribution in [-0.4, -0.2) is 36.2 Å². The van der Waals surface area contributed by atoms with Gasteiger partial charge in [0.1, 0.15) is 12.4 Å². The molecule has 0 radical (unpaired) electrons. The number of carbonyl (C=O) groups is 3. The number of fused-ring (bicyclic) bond motifs is 3. The lowest BCUT2D eigenvalue weighted by Crippen LogP contribution is -2.30. The Morgan fingerprint density at radius 3 is 2.26 bits per heavy atom. The summed E-state index contributed by atoms with van der Waals surface area (Å²) in [6.45, 7) is 2.40. The van der Waals surface area contributed by atoms with E-state index in [9.17, 15) is 14.4 Å². The summed E-state index contributed by atoms with van der Waals surface area (Å²) in [5.41, 5.74) is 4.59. The van der Waals surface area contributed by atoms with Gasteiger partial charge in [0.05, 0.1) is 6.54 Å². The minimum atomic E-state index is -0.898. The lowest BCUT2D eigenvalue weighted by molar-refractivity contribution is -0.138. The van der Waals surface area contributed by atoms with Crippen LogP contribution < -0.4 is 10.6 Å². The number of aliphatic carboxylic acids is 1. The predicted molar refractivity (Wildman–Crippen MR) is 129 cm³/mol. The minimum absolute atomic E-state index is 0.00968. The lowest BCUT2D eigenvalue weighted by Gasteiger charge is -2.14. The smallest absolute Gasteiger partial charge is 0.407 e. The standard InChI is InChI=1S/C27H28N2O6/c1-2-17(13-25(30)31)14-28-26(32)24-12-11-18(35-24)15-29-27(33)34-16-23-21-9-5-3-7-19(21)20-8-4-6-10-22(20)23/h3-12,17,23H,2,13-16H2,1H3,(H,28,32)(H,29,33)(H,30,31). The van der Waals surface area contributed by atoms with Crippen molar-refractivity contribution < 1.29 is 28.6 Å². The highest BCUT2D eigenvalue weighted by atomic mass is 16.5. The van der Waals surface area contributed by atoms with Crippen LogP contribution in [-0.2, 0) is 16.1 Å². The molecule has 1 aliphatic carbocycles. The van der Waals surface area contributed by atoms with Crippen LogP contribution in [0.4, 0.5) is 4.79 Å². The molecule has 35 heavy (non-hydrogen) atoms. The number of amides is 2. The summed E-state index contributed by atoms with van der Waals surface area (Å²) in [5, 5.41) is 14.3. The maximum Gasteiger partial charge on any atom is 0.407 e. The van der Waals surface area contributed by atoms with Gasteiger partial charge in [-0.3, -0.25) is 9.59 Å². The van der Waals surface area contributed by atoms with Crippen molar-refractivity contribution in [2.75, 3.05) is 13.2 Å². The van der Waals surface area contributed by atoms with Crippen LogP contribution >= 0.6 is 0 Å². The van der Waals surface area contributed by atoms with E-state index in [4.69, 9.17) is 14.3 Å². The number of alkyl carbamates (subject to hydrolysis) is 1. The number of carboxylic acids is 1. The molecule has 1 atom stereocenters. The summed E-state index contributed by atoms with van der Waals surface area (Å²) in [4.78, 5) is 35.5. The molecule has 0 fully saturated rings. The van der Waals surface area contributed by atoms with Crippen molar-refractivity contribution in [1.29, 1.82) is 0 Å². The largest absolute Gasteiger partial charge is 0.481 e. The summed E-state index contributed by atoms with van der Waals surface area (Å²) in [7, 11) is 0. The van der Waals surface area contributed by atoms with Crippen LogP contribution in [0.5, 0.6) is 0 Å². The highest BCUT2D eigenvalue weighted by Crippen LogP contribution is 2.44. The van der Waals surface area contributed by atoms with Gasteiger partial charge in [0.2, 0.25) is 0 Å². The molecular formula is C27H28N2O6. The Morgan fingerprint density at radius 2 is 1.63 bits per heavy atom. The molecular weight excluding hydrogens is 448 g/mol. The quantitative estimate of drug-likeness (QED) is 0.395. The third-order valence-corrected chi connectivity index (χ3v) is 6.23. The lowest BCUT2D eigenvalue weighted by atomic mass is 9.98. The van der Waals surface area contributed by atoms with Gasteiger partial charge in [0.15, 0.2) is 5.76 Å². The molecule has 0 spiro atoms. The zero-order valence-electron chi connectivity index (χ0n) is 19.5. The second-order valence-corrected chi connectivity index (χ2v) is 8.53. The molecule has 2 aromatic carbocycles. The Labute approximate surface area is 203 Å². The predicted octanol–water partition coefficient (Wildman–Crippen LogP) is 4.55. The number of rotatable bonds is 10. The Morgan fingerprint density at radius 1 is 0.971 bits per heavy atom. The fraction of sp³-hybridized carbons (Fsp3) is 0.296. The average molecular weight is 477 g/mol. The Hall–Kier alpha value is -4.07. The number of furan rings is 1.